The van der Waals surface area contributed by atoms with Crippen molar-refractivity contribution in [2.24, 2.45) is 0 Å². The normalized spacial score (nSPS) is 20.3. The van der Waals surface area contributed by atoms with Crippen molar-refractivity contribution in [3.8, 4) is 5.75 Å². The minimum Gasteiger partial charge on any atom is -0.490 e. The maximum atomic E-state index is 10.7. The second-order valence-corrected chi connectivity index (χ2v) is 8.13. The molecule has 5 heteroatoms. The van der Waals surface area contributed by atoms with E-state index in [4.69, 9.17) is 17.0 Å². The van der Waals surface area contributed by atoms with E-state index in [9.17, 15) is 4.79 Å². The lowest BCUT2D eigenvalue weighted by molar-refractivity contribution is 0.102. The molecular formula is C20H21NO2S2. The van der Waals surface area contributed by atoms with Gasteiger partial charge in [0.2, 0.25) is 0 Å². The second-order valence-electron chi connectivity index (χ2n) is 6.12. The van der Waals surface area contributed by atoms with E-state index >= 15 is 0 Å². The molecule has 0 saturated carbocycles. The highest BCUT2D eigenvalue weighted by Gasteiger charge is 2.37. The zero-order valence-corrected chi connectivity index (χ0v) is 16.0. The van der Waals surface area contributed by atoms with Crippen LogP contribution in [0.2, 0.25) is 0 Å². The van der Waals surface area contributed by atoms with Crippen LogP contribution in [-0.2, 0) is 0 Å². The minimum atomic E-state index is -0.183. The molecule has 1 saturated heterocycles. The monoisotopic (exact) mass is 371 g/mol. The van der Waals surface area contributed by atoms with Crippen LogP contribution < -0.4 is 10.1 Å². The number of nitrogens with one attached hydrogen (secondary N) is 1. The molecule has 2 aliphatic carbocycles. The summed E-state index contributed by atoms with van der Waals surface area (Å²) in [5, 5.41) is 3.46. The van der Waals surface area contributed by atoms with E-state index in [1.807, 2.05) is 61.2 Å². The summed E-state index contributed by atoms with van der Waals surface area (Å²) in [4.78, 5) is 11.4. The van der Waals surface area contributed by atoms with Gasteiger partial charge >= 0.3 is 0 Å². The van der Waals surface area contributed by atoms with Gasteiger partial charge in [-0.25, -0.2) is 0 Å². The Balaban J connectivity index is 0.000000188. The number of para-hydroxylation sites is 1. The first-order valence-electron chi connectivity index (χ1n) is 8.25. The third kappa shape index (κ3) is 3.94. The molecular weight excluding hydrogens is 350 g/mol. The average Bonchev–Trinajstić information content (AvgIpc) is 3.12. The topological polar surface area (TPSA) is 38.3 Å². The lowest BCUT2D eigenvalue weighted by atomic mass is 9.92. The van der Waals surface area contributed by atoms with Crippen LogP contribution in [0.4, 0.5) is 0 Å². The van der Waals surface area contributed by atoms with Crippen LogP contribution in [0.25, 0.3) is 0 Å². The van der Waals surface area contributed by atoms with Crippen molar-refractivity contribution in [1.29, 1.82) is 0 Å². The van der Waals surface area contributed by atoms with E-state index in [-0.39, 0.29) is 10.7 Å². The van der Waals surface area contributed by atoms with E-state index in [2.05, 4.69) is 18.3 Å². The van der Waals surface area contributed by atoms with Gasteiger partial charge in [0, 0.05) is 28.3 Å². The van der Waals surface area contributed by atoms with E-state index in [1.165, 1.54) is 0 Å². The molecule has 0 spiro atoms. The molecule has 5 rings (SSSR count). The number of carbonyl (C=O) groups is 1. The Labute approximate surface area is 158 Å². The Morgan fingerprint density at radius 1 is 1.24 bits per heavy atom. The van der Waals surface area contributed by atoms with E-state index in [0.29, 0.717) is 6.61 Å². The van der Waals surface area contributed by atoms with Gasteiger partial charge in [0.1, 0.15) is 17.2 Å². The molecule has 3 nitrogen and oxygen atoms in total. The highest BCUT2D eigenvalue weighted by Crippen LogP contribution is 2.30. The summed E-state index contributed by atoms with van der Waals surface area (Å²) in [6.45, 7) is 5.64. The van der Waals surface area contributed by atoms with Gasteiger partial charge in [-0.1, -0.05) is 48.6 Å². The molecule has 1 N–H and O–H groups in total. The summed E-state index contributed by atoms with van der Waals surface area (Å²) in [7, 11) is 0. The molecule has 0 aromatic heterocycles. The number of benzene rings is 2. The Morgan fingerprint density at radius 3 is 2.44 bits per heavy atom. The first kappa shape index (κ1) is 18.1. The summed E-state index contributed by atoms with van der Waals surface area (Å²) in [5.74, 6) is 2.23. The molecule has 25 heavy (non-hydrogen) atoms. The van der Waals surface area contributed by atoms with Crippen molar-refractivity contribution in [3.63, 3.8) is 0 Å². The van der Waals surface area contributed by atoms with Crippen LogP contribution >= 0.6 is 24.0 Å². The second kappa shape index (κ2) is 7.68. The fourth-order valence-electron chi connectivity index (χ4n) is 2.74. The zero-order chi connectivity index (χ0) is 17.9. The van der Waals surface area contributed by atoms with Crippen molar-refractivity contribution < 1.29 is 9.53 Å². The molecule has 2 aromatic rings. The third-order valence-electron chi connectivity index (χ3n) is 4.34. The number of ether oxygens (including phenoxy) is 1. The fourth-order valence-corrected chi connectivity index (χ4v) is 4.15. The predicted molar refractivity (Wildman–Crippen MR) is 108 cm³/mol. The molecule has 3 aliphatic rings. The number of thioether (sulfide) groups is 1. The van der Waals surface area contributed by atoms with Crippen LogP contribution in [0.1, 0.15) is 28.4 Å². The standard InChI is InChI=1S/C13H17NOS2.C7H4O/c1-10-5-3-4-6-12(10)15-9-13(11(2)16)14-7-8-17-13;8-7-5-2-1-3-6(7)4-5/h3-6,14H,7-9H2,1-2H3;1-4H. The number of aryl methyl sites for hydroxylation is 1. The quantitative estimate of drug-likeness (QED) is 0.701. The number of rotatable bonds is 4. The molecule has 0 amide bonds. The van der Waals surface area contributed by atoms with Gasteiger partial charge in [-0.3, -0.25) is 10.1 Å². The largest absolute Gasteiger partial charge is 0.490 e. The molecule has 1 heterocycles. The molecule has 0 radical (unpaired) electrons. The third-order valence-corrected chi connectivity index (χ3v) is 6.29. The summed E-state index contributed by atoms with van der Waals surface area (Å²) in [6, 6.07) is 15.5. The molecule has 1 unspecified atom stereocenters. The number of ketones is 1. The predicted octanol–water partition coefficient (Wildman–Crippen LogP) is 4.03. The SMILES string of the molecule is CC(=S)C1(COc2ccccc2C)NCCS1.O=C1c2cccc1c2. The van der Waals surface area contributed by atoms with Crippen LogP contribution in [0, 0.1) is 6.92 Å². The van der Waals surface area contributed by atoms with Crippen molar-refractivity contribution in [2.45, 2.75) is 18.7 Å². The van der Waals surface area contributed by atoms with E-state index in [0.717, 1.165) is 39.6 Å². The van der Waals surface area contributed by atoms with Gasteiger partial charge in [-0.2, -0.15) is 0 Å². The highest BCUT2D eigenvalue weighted by molar-refractivity contribution is 8.02. The Bertz CT molecular complexity index is 769. The highest BCUT2D eigenvalue weighted by atomic mass is 32.2. The molecule has 2 bridgehead atoms. The van der Waals surface area contributed by atoms with E-state index < -0.39 is 0 Å². The van der Waals surface area contributed by atoms with Gasteiger partial charge in [0.25, 0.3) is 0 Å². The first-order chi connectivity index (χ1) is 12.0. The minimum absolute atomic E-state index is 0.183. The van der Waals surface area contributed by atoms with Crippen LogP contribution in [0.3, 0.4) is 0 Å². The molecule has 1 fully saturated rings. The van der Waals surface area contributed by atoms with Crippen LogP contribution in [0.15, 0.2) is 48.5 Å². The Hall–Kier alpha value is -1.69. The number of fused-ring (bicyclic) bond motifs is 2. The number of hydrogen-bond acceptors (Lipinski definition) is 5. The number of carbonyl (C=O) groups excluding carboxylic acids is 1. The van der Waals surface area contributed by atoms with Crippen molar-refractivity contribution in [2.75, 3.05) is 18.9 Å². The summed E-state index contributed by atoms with van der Waals surface area (Å²) < 4.78 is 5.91. The van der Waals surface area contributed by atoms with E-state index in [1.54, 1.807) is 0 Å². The van der Waals surface area contributed by atoms with Gasteiger partial charge in [-0.15, -0.1) is 11.8 Å². The smallest absolute Gasteiger partial charge is 0.193 e. The average molecular weight is 372 g/mol. The van der Waals surface area contributed by atoms with Gasteiger partial charge in [0.15, 0.2) is 5.78 Å². The number of thiocarbonyl (C=S) groups is 1. The zero-order valence-electron chi connectivity index (χ0n) is 14.4. The van der Waals surface area contributed by atoms with Crippen molar-refractivity contribution in [3.05, 3.63) is 65.2 Å². The van der Waals surface area contributed by atoms with Gasteiger partial charge in [-0.05, 0) is 31.5 Å². The molecule has 1 aliphatic heterocycles. The first-order valence-corrected chi connectivity index (χ1v) is 9.64. The summed E-state index contributed by atoms with van der Waals surface area (Å²) in [5.41, 5.74) is 2.86. The fraction of sp³-hybridized carbons (Fsp3) is 0.300. The van der Waals surface area contributed by atoms with Crippen LogP contribution in [-0.4, -0.2) is 34.4 Å². The van der Waals surface area contributed by atoms with Gasteiger partial charge in [0.05, 0.1) is 0 Å². The molecule has 2 aromatic carbocycles. The van der Waals surface area contributed by atoms with Crippen molar-refractivity contribution >= 4 is 34.6 Å². The Kier molecular flexibility index (Phi) is 5.57. The summed E-state index contributed by atoms with van der Waals surface area (Å²) in [6.07, 6.45) is 0. The molecule has 1 atom stereocenters. The summed E-state index contributed by atoms with van der Waals surface area (Å²) >= 11 is 7.20. The maximum absolute atomic E-state index is 10.7. The Morgan fingerprint density at radius 2 is 1.96 bits per heavy atom. The lowest BCUT2D eigenvalue weighted by Gasteiger charge is -2.28. The number of hydrogen-bond donors (Lipinski definition) is 1. The van der Waals surface area contributed by atoms with Gasteiger partial charge < -0.3 is 4.74 Å². The lowest BCUT2D eigenvalue weighted by Crippen LogP contribution is -2.48. The van der Waals surface area contributed by atoms with Crippen molar-refractivity contribution in [1.82, 2.24) is 5.32 Å². The van der Waals surface area contributed by atoms with Crippen LogP contribution in [0.5, 0.6) is 5.75 Å². The molecule has 130 valence electrons. The maximum Gasteiger partial charge on any atom is 0.193 e.